The molecule has 0 saturated carbocycles. The van der Waals surface area contributed by atoms with Crippen LogP contribution in [0.4, 0.5) is 8.78 Å². The van der Waals surface area contributed by atoms with E-state index >= 15 is 0 Å². The number of halogens is 3. The molecule has 8 heteroatoms. The van der Waals surface area contributed by atoms with Gasteiger partial charge in [0.25, 0.3) is 9.05 Å². The largest absolute Gasteiger partial charge is 0.487 e. The molecule has 0 aliphatic rings. The van der Waals surface area contributed by atoms with E-state index in [0.29, 0.717) is 18.6 Å². The van der Waals surface area contributed by atoms with E-state index in [1.807, 2.05) is 0 Å². The number of nitrogens with zero attached hydrogens (tertiary/aromatic N) is 1. The van der Waals surface area contributed by atoms with Crippen molar-refractivity contribution in [1.82, 2.24) is 4.98 Å². The van der Waals surface area contributed by atoms with Gasteiger partial charge in [0.2, 0.25) is 0 Å². The third-order valence-corrected chi connectivity index (χ3v) is 3.95. The molecule has 0 amide bonds. The topological polar surface area (TPSA) is 56.3 Å². The summed E-state index contributed by atoms with van der Waals surface area (Å²) >= 11 is 0. The zero-order valence-electron chi connectivity index (χ0n) is 10.6. The molecule has 112 valence electrons. The molecule has 0 aliphatic heterocycles. The van der Waals surface area contributed by atoms with Crippen molar-refractivity contribution in [2.24, 2.45) is 0 Å². The van der Waals surface area contributed by atoms with E-state index in [0.717, 1.165) is 5.56 Å². The first-order valence-electron chi connectivity index (χ1n) is 5.83. The van der Waals surface area contributed by atoms with Gasteiger partial charge >= 0.3 is 0 Å². The number of hydrogen-bond donors (Lipinski definition) is 0. The molecule has 4 nitrogen and oxygen atoms in total. The van der Waals surface area contributed by atoms with E-state index in [4.69, 9.17) is 15.4 Å². The van der Waals surface area contributed by atoms with Gasteiger partial charge < -0.3 is 4.74 Å². The van der Waals surface area contributed by atoms with E-state index in [1.54, 1.807) is 24.5 Å². The van der Waals surface area contributed by atoms with Gasteiger partial charge in [0, 0.05) is 29.5 Å². The van der Waals surface area contributed by atoms with Crippen molar-refractivity contribution < 1.29 is 21.9 Å². The summed E-state index contributed by atoms with van der Waals surface area (Å²) in [6.45, 7) is 0.0203. The summed E-state index contributed by atoms with van der Waals surface area (Å²) in [6.07, 6.45) is 3.62. The van der Waals surface area contributed by atoms with Crippen LogP contribution in [0.3, 0.4) is 0 Å². The molecule has 0 N–H and O–H groups in total. The minimum absolute atomic E-state index is 0.0203. The number of rotatable bonds is 5. The fraction of sp³-hybridized carbons (Fsp3) is 0.154. The van der Waals surface area contributed by atoms with Gasteiger partial charge in [0.15, 0.2) is 17.4 Å². The van der Waals surface area contributed by atoms with Crippen LogP contribution in [0.25, 0.3) is 0 Å². The van der Waals surface area contributed by atoms with Gasteiger partial charge in [0.1, 0.15) is 0 Å². The molecular weight excluding hydrogens is 324 g/mol. The molecule has 2 rings (SSSR count). The number of ether oxygens (including phenoxy) is 1. The maximum Gasteiger partial charge on any atom is 0.261 e. The summed E-state index contributed by atoms with van der Waals surface area (Å²) in [4.78, 5) is 3.25. The van der Waals surface area contributed by atoms with Crippen LogP contribution < -0.4 is 4.74 Å². The summed E-state index contributed by atoms with van der Waals surface area (Å²) in [5, 5.41) is 0. The average Bonchev–Trinajstić information content (AvgIpc) is 2.42. The summed E-state index contributed by atoms with van der Waals surface area (Å²) in [5.41, 5.74) is 0.846. The molecule has 0 spiro atoms. The second-order valence-electron chi connectivity index (χ2n) is 4.11. The minimum atomic E-state index is -4.20. The zero-order valence-corrected chi connectivity index (χ0v) is 12.2. The summed E-state index contributed by atoms with van der Waals surface area (Å²) < 4.78 is 54.4. The van der Waals surface area contributed by atoms with Gasteiger partial charge in [-0.25, -0.2) is 17.2 Å². The third-order valence-electron chi connectivity index (χ3n) is 2.61. The van der Waals surface area contributed by atoms with E-state index in [2.05, 4.69) is 4.98 Å². The maximum absolute atomic E-state index is 13.7. The lowest BCUT2D eigenvalue weighted by atomic mass is 10.2. The number of aromatic nitrogens is 1. The molecule has 0 radical (unpaired) electrons. The van der Waals surface area contributed by atoms with Crippen LogP contribution in [0.5, 0.6) is 5.75 Å². The summed E-state index contributed by atoms with van der Waals surface area (Å²) in [6, 6.07) is 4.76. The quantitative estimate of drug-likeness (QED) is 0.789. The molecule has 2 aromatic rings. The highest BCUT2D eigenvalue weighted by Gasteiger charge is 2.19. The number of benzene rings is 1. The average molecular weight is 334 g/mol. The lowest BCUT2D eigenvalue weighted by Gasteiger charge is -2.09. The first-order chi connectivity index (χ1) is 9.88. The van der Waals surface area contributed by atoms with Crippen molar-refractivity contribution >= 4 is 19.7 Å². The highest BCUT2D eigenvalue weighted by molar-refractivity contribution is 8.13. The maximum atomic E-state index is 13.7. The molecule has 1 aromatic carbocycles. The monoisotopic (exact) mass is 333 g/mol. The predicted octanol–water partition coefficient (Wildman–Crippen LogP) is 2.91. The SMILES string of the molecule is O=S(=O)(Cl)c1cc(F)c(OCCc2cccnc2)c(F)c1. The lowest BCUT2D eigenvalue weighted by molar-refractivity contribution is 0.287. The smallest absolute Gasteiger partial charge is 0.261 e. The Balaban J connectivity index is 2.11. The van der Waals surface area contributed by atoms with Crippen molar-refractivity contribution in [2.45, 2.75) is 11.3 Å². The molecule has 0 atom stereocenters. The molecule has 21 heavy (non-hydrogen) atoms. The van der Waals surface area contributed by atoms with Crippen LogP contribution in [0, 0.1) is 11.6 Å². The lowest BCUT2D eigenvalue weighted by Crippen LogP contribution is -2.06. The molecule has 0 saturated heterocycles. The van der Waals surface area contributed by atoms with Crippen molar-refractivity contribution in [1.29, 1.82) is 0 Å². The van der Waals surface area contributed by atoms with E-state index in [9.17, 15) is 17.2 Å². The van der Waals surface area contributed by atoms with Crippen LogP contribution in [0.2, 0.25) is 0 Å². The van der Waals surface area contributed by atoms with Gasteiger partial charge in [-0.1, -0.05) is 6.07 Å². The zero-order chi connectivity index (χ0) is 15.5. The fourth-order valence-corrected chi connectivity index (χ4v) is 2.39. The second-order valence-corrected chi connectivity index (χ2v) is 6.68. The van der Waals surface area contributed by atoms with Gasteiger partial charge in [-0.2, -0.15) is 0 Å². The summed E-state index contributed by atoms with van der Waals surface area (Å²) in [5.74, 6) is -2.89. The molecule has 0 bridgehead atoms. The van der Waals surface area contributed by atoms with E-state index < -0.39 is 31.3 Å². The van der Waals surface area contributed by atoms with Crippen LogP contribution >= 0.6 is 10.7 Å². The molecule has 1 heterocycles. The Morgan fingerprint density at radius 3 is 2.43 bits per heavy atom. The van der Waals surface area contributed by atoms with E-state index in [1.165, 1.54) is 0 Å². The predicted molar refractivity (Wildman–Crippen MR) is 72.8 cm³/mol. The van der Waals surface area contributed by atoms with Crippen molar-refractivity contribution in [3.05, 3.63) is 53.9 Å². The summed E-state index contributed by atoms with van der Waals surface area (Å²) in [7, 11) is 0.831. The van der Waals surface area contributed by atoms with Gasteiger partial charge in [0.05, 0.1) is 11.5 Å². The second kappa shape index (κ2) is 6.36. The first-order valence-corrected chi connectivity index (χ1v) is 8.14. The Labute approximate surface area is 124 Å². The van der Waals surface area contributed by atoms with Gasteiger partial charge in [-0.3, -0.25) is 4.98 Å². The van der Waals surface area contributed by atoms with Crippen LogP contribution in [0.15, 0.2) is 41.6 Å². The Hall–Kier alpha value is -1.73. The number of hydrogen-bond acceptors (Lipinski definition) is 4. The van der Waals surface area contributed by atoms with Crippen LogP contribution in [-0.4, -0.2) is 20.0 Å². The highest BCUT2D eigenvalue weighted by Crippen LogP contribution is 2.27. The standard InChI is InChI=1S/C13H10ClF2NO3S/c14-21(18,19)10-6-11(15)13(12(16)7-10)20-5-3-9-2-1-4-17-8-9/h1-2,4,6-8H,3,5H2. The van der Waals surface area contributed by atoms with Gasteiger partial charge in [-0.05, 0) is 23.8 Å². The molecular formula is C13H10ClF2NO3S. The Kier molecular flexibility index (Phi) is 4.74. The fourth-order valence-electron chi connectivity index (χ4n) is 1.63. The molecule has 0 unspecified atom stereocenters. The molecule has 0 aliphatic carbocycles. The van der Waals surface area contributed by atoms with Crippen molar-refractivity contribution in [2.75, 3.05) is 6.61 Å². The Morgan fingerprint density at radius 1 is 1.24 bits per heavy atom. The van der Waals surface area contributed by atoms with Gasteiger partial charge in [-0.15, -0.1) is 0 Å². The van der Waals surface area contributed by atoms with Crippen LogP contribution in [0.1, 0.15) is 5.56 Å². The van der Waals surface area contributed by atoms with Crippen molar-refractivity contribution in [3.8, 4) is 5.75 Å². The third kappa shape index (κ3) is 4.12. The molecule has 1 aromatic heterocycles. The first kappa shape index (κ1) is 15.7. The normalized spacial score (nSPS) is 11.4. The number of pyridine rings is 1. The highest BCUT2D eigenvalue weighted by atomic mass is 35.7. The van der Waals surface area contributed by atoms with Crippen molar-refractivity contribution in [3.63, 3.8) is 0 Å². The Bertz CT molecular complexity index is 715. The Morgan fingerprint density at radius 2 is 1.90 bits per heavy atom. The van der Waals surface area contributed by atoms with Crippen LogP contribution in [-0.2, 0) is 15.5 Å². The van der Waals surface area contributed by atoms with E-state index in [-0.39, 0.29) is 6.61 Å². The minimum Gasteiger partial charge on any atom is -0.487 e. The molecule has 0 fully saturated rings.